The zero-order chi connectivity index (χ0) is 22.0. The molecule has 0 bridgehead atoms. The maximum atomic E-state index is 10.4. The van der Waals surface area contributed by atoms with Crippen molar-refractivity contribution in [1.82, 2.24) is 15.0 Å². The summed E-state index contributed by atoms with van der Waals surface area (Å²) in [6.45, 7) is 3.09. The molecule has 0 atom stereocenters. The summed E-state index contributed by atoms with van der Waals surface area (Å²) in [5, 5.41) is 14.5. The SMILES string of the molecule is COCCOc1cc2c(NCc3cc(N)cc(C4(O)CC4)n3)nc(C)nc2cc1OC. The molecule has 0 amide bonds. The van der Waals surface area contributed by atoms with Crippen molar-refractivity contribution in [3.63, 3.8) is 0 Å². The van der Waals surface area contributed by atoms with Crippen LogP contribution in [-0.2, 0) is 16.9 Å². The van der Waals surface area contributed by atoms with Crippen LogP contribution in [0.2, 0.25) is 0 Å². The quantitative estimate of drug-likeness (QED) is 0.444. The Bertz CT molecular complexity index is 1100. The van der Waals surface area contributed by atoms with Gasteiger partial charge in [0.05, 0.1) is 37.2 Å². The second-order valence-electron chi connectivity index (χ2n) is 7.64. The Balaban J connectivity index is 1.64. The highest BCUT2D eigenvalue weighted by atomic mass is 16.5. The van der Waals surface area contributed by atoms with Gasteiger partial charge in [0.25, 0.3) is 0 Å². The molecule has 1 aromatic carbocycles. The third kappa shape index (κ3) is 4.62. The van der Waals surface area contributed by atoms with E-state index < -0.39 is 5.60 Å². The van der Waals surface area contributed by atoms with Gasteiger partial charge in [-0.05, 0) is 38.0 Å². The molecule has 164 valence electrons. The van der Waals surface area contributed by atoms with Crippen LogP contribution in [0.15, 0.2) is 24.3 Å². The van der Waals surface area contributed by atoms with Crippen molar-refractivity contribution >= 4 is 22.4 Å². The number of rotatable bonds is 9. The van der Waals surface area contributed by atoms with E-state index in [2.05, 4.69) is 20.3 Å². The van der Waals surface area contributed by atoms with Crippen LogP contribution >= 0.6 is 0 Å². The molecule has 4 rings (SSSR count). The van der Waals surface area contributed by atoms with Crippen LogP contribution in [-0.4, -0.2) is 47.5 Å². The molecular formula is C22H27N5O4. The van der Waals surface area contributed by atoms with Crippen LogP contribution < -0.4 is 20.5 Å². The number of aromatic nitrogens is 3. The minimum absolute atomic E-state index is 0.394. The molecule has 1 aliphatic carbocycles. The first-order valence-corrected chi connectivity index (χ1v) is 10.1. The average molecular weight is 425 g/mol. The molecule has 1 fully saturated rings. The molecule has 9 nitrogen and oxygen atoms in total. The van der Waals surface area contributed by atoms with Crippen LogP contribution in [0.3, 0.4) is 0 Å². The zero-order valence-corrected chi connectivity index (χ0v) is 17.9. The molecule has 0 unspecified atom stereocenters. The van der Waals surface area contributed by atoms with Gasteiger partial charge in [0.15, 0.2) is 11.5 Å². The van der Waals surface area contributed by atoms with E-state index >= 15 is 0 Å². The molecule has 9 heteroatoms. The highest BCUT2D eigenvalue weighted by Crippen LogP contribution is 2.44. The number of nitrogen functional groups attached to an aromatic ring is 1. The van der Waals surface area contributed by atoms with Crippen molar-refractivity contribution in [2.75, 3.05) is 38.5 Å². The summed E-state index contributed by atoms with van der Waals surface area (Å²) < 4.78 is 16.3. The number of hydrogen-bond acceptors (Lipinski definition) is 9. The second-order valence-corrected chi connectivity index (χ2v) is 7.64. The minimum Gasteiger partial charge on any atom is -0.493 e. The fraction of sp³-hybridized carbons (Fsp3) is 0.409. The van der Waals surface area contributed by atoms with Crippen molar-refractivity contribution in [2.45, 2.75) is 31.9 Å². The molecule has 0 aliphatic heterocycles. The maximum Gasteiger partial charge on any atom is 0.162 e. The number of aryl methyl sites for hydroxylation is 1. The summed E-state index contributed by atoms with van der Waals surface area (Å²) in [5.41, 5.74) is 7.85. The molecule has 2 aromatic heterocycles. The number of fused-ring (bicyclic) bond motifs is 1. The number of nitrogens with two attached hydrogens (primary N) is 1. The molecule has 0 radical (unpaired) electrons. The largest absolute Gasteiger partial charge is 0.493 e. The van der Waals surface area contributed by atoms with Gasteiger partial charge in [0, 0.05) is 24.2 Å². The average Bonchev–Trinajstić information content (AvgIpc) is 3.50. The molecule has 31 heavy (non-hydrogen) atoms. The van der Waals surface area contributed by atoms with Gasteiger partial charge in [0.1, 0.15) is 23.9 Å². The van der Waals surface area contributed by atoms with E-state index in [0.29, 0.717) is 67.1 Å². The van der Waals surface area contributed by atoms with Crippen LogP contribution in [0.5, 0.6) is 11.5 Å². The molecule has 3 aromatic rings. The lowest BCUT2D eigenvalue weighted by molar-refractivity contribution is 0.144. The van der Waals surface area contributed by atoms with E-state index in [4.69, 9.17) is 19.9 Å². The highest BCUT2D eigenvalue weighted by molar-refractivity contribution is 5.91. The smallest absolute Gasteiger partial charge is 0.162 e. The number of ether oxygens (including phenoxy) is 3. The van der Waals surface area contributed by atoms with Crippen molar-refractivity contribution in [3.05, 3.63) is 41.5 Å². The van der Waals surface area contributed by atoms with E-state index in [9.17, 15) is 5.11 Å². The van der Waals surface area contributed by atoms with Gasteiger partial charge < -0.3 is 30.4 Å². The van der Waals surface area contributed by atoms with Crippen LogP contribution in [0.4, 0.5) is 11.5 Å². The van der Waals surface area contributed by atoms with Crippen molar-refractivity contribution in [3.8, 4) is 11.5 Å². The summed E-state index contributed by atoms with van der Waals surface area (Å²) in [5.74, 6) is 2.45. The predicted octanol–water partition coefficient (Wildman–Crippen LogP) is 2.54. The lowest BCUT2D eigenvalue weighted by Gasteiger charge is -2.15. The maximum absolute atomic E-state index is 10.4. The number of nitrogens with zero attached hydrogens (tertiary/aromatic N) is 3. The number of nitrogens with one attached hydrogen (secondary N) is 1. The topological polar surface area (TPSA) is 125 Å². The number of aliphatic hydroxyl groups is 1. The predicted molar refractivity (Wildman–Crippen MR) is 117 cm³/mol. The van der Waals surface area contributed by atoms with Crippen molar-refractivity contribution in [1.29, 1.82) is 0 Å². The number of hydrogen-bond donors (Lipinski definition) is 3. The van der Waals surface area contributed by atoms with Gasteiger partial charge >= 0.3 is 0 Å². The van der Waals surface area contributed by atoms with Gasteiger partial charge in [-0.25, -0.2) is 9.97 Å². The monoisotopic (exact) mass is 425 g/mol. The third-order valence-corrected chi connectivity index (χ3v) is 5.18. The Labute approximate surface area is 180 Å². The molecule has 1 aliphatic rings. The van der Waals surface area contributed by atoms with E-state index in [1.165, 1.54) is 0 Å². The Hall–Kier alpha value is -3.17. The van der Waals surface area contributed by atoms with Gasteiger partial charge in [-0.3, -0.25) is 4.98 Å². The number of anilines is 2. The number of benzene rings is 1. The molecule has 0 saturated heterocycles. The molecule has 2 heterocycles. The summed E-state index contributed by atoms with van der Waals surface area (Å²) >= 11 is 0. The van der Waals surface area contributed by atoms with Crippen LogP contribution in [0.25, 0.3) is 10.9 Å². The number of methoxy groups -OCH3 is 2. The third-order valence-electron chi connectivity index (χ3n) is 5.18. The fourth-order valence-electron chi connectivity index (χ4n) is 3.38. The summed E-state index contributed by atoms with van der Waals surface area (Å²) in [4.78, 5) is 13.7. The minimum atomic E-state index is -0.840. The number of pyridine rings is 1. The van der Waals surface area contributed by atoms with Crippen LogP contribution in [0.1, 0.15) is 30.1 Å². The van der Waals surface area contributed by atoms with E-state index in [0.717, 1.165) is 16.6 Å². The van der Waals surface area contributed by atoms with Gasteiger partial charge in [-0.1, -0.05) is 0 Å². The first kappa shape index (κ1) is 21.1. The zero-order valence-electron chi connectivity index (χ0n) is 17.9. The van der Waals surface area contributed by atoms with Gasteiger partial charge in [-0.2, -0.15) is 0 Å². The summed E-state index contributed by atoms with van der Waals surface area (Å²) in [7, 11) is 3.21. The molecule has 0 spiro atoms. The van der Waals surface area contributed by atoms with Crippen molar-refractivity contribution < 1.29 is 19.3 Å². The first-order chi connectivity index (χ1) is 14.9. The summed E-state index contributed by atoms with van der Waals surface area (Å²) in [6, 6.07) is 7.21. The fourth-order valence-corrected chi connectivity index (χ4v) is 3.38. The summed E-state index contributed by atoms with van der Waals surface area (Å²) in [6.07, 6.45) is 1.42. The lowest BCUT2D eigenvalue weighted by Crippen LogP contribution is -2.12. The molecule has 4 N–H and O–H groups in total. The normalized spacial score (nSPS) is 14.5. The lowest BCUT2D eigenvalue weighted by atomic mass is 10.1. The van der Waals surface area contributed by atoms with E-state index in [1.54, 1.807) is 26.4 Å². The van der Waals surface area contributed by atoms with Crippen LogP contribution in [0, 0.1) is 6.92 Å². The van der Waals surface area contributed by atoms with Gasteiger partial charge in [0.2, 0.25) is 0 Å². The molecular weight excluding hydrogens is 398 g/mol. The van der Waals surface area contributed by atoms with E-state index in [-0.39, 0.29) is 0 Å². The Morgan fingerprint density at radius 2 is 1.87 bits per heavy atom. The Morgan fingerprint density at radius 1 is 1.06 bits per heavy atom. The standard InChI is InChI=1S/C22H27N5O4/c1-13-25-17-11-18(30-3)19(31-7-6-29-2)10-16(17)21(26-13)24-12-15-8-14(23)9-20(27-15)22(28)4-5-22/h8-11,28H,4-7,12H2,1-3H3,(H2,23,27)(H,24,25,26). The molecule has 1 saturated carbocycles. The first-order valence-electron chi connectivity index (χ1n) is 10.1. The van der Waals surface area contributed by atoms with Gasteiger partial charge in [-0.15, -0.1) is 0 Å². The second kappa shape index (κ2) is 8.52. The van der Waals surface area contributed by atoms with E-state index in [1.807, 2.05) is 19.1 Å². The highest BCUT2D eigenvalue weighted by Gasteiger charge is 2.43. The van der Waals surface area contributed by atoms with Crippen molar-refractivity contribution in [2.24, 2.45) is 0 Å². The Kier molecular flexibility index (Phi) is 5.79. The Morgan fingerprint density at radius 3 is 2.58 bits per heavy atom.